The Labute approximate surface area is 80.8 Å². The summed E-state index contributed by atoms with van der Waals surface area (Å²) in [4.78, 5) is 3.84. The van der Waals surface area contributed by atoms with Gasteiger partial charge in [-0.1, -0.05) is 29.8 Å². The molecule has 1 aromatic rings. The van der Waals surface area contributed by atoms with E-state index >= 15 is 0 Å². The minimum atomic E-state index is 0.282. The zero-order valence-electron chi connectivity index (χ0n) is 6.47. The molecule has 0 aromatic carbocycles. The molecule has 0 unspecified atom stereocenters. The number of aromatic nitrogens is 1. The van der Waals surface area contributed by atoms with Crippen molar-refractivity contribution in [3.8, 4) is 0 Å². The second kappa shape index (κ2) is 3.78. The molecule has 0 spiro atoms. The molecule has 0 aliphatic rings. The summed E-state index contributed by atoms with van der Waals surface area (Å²) in [5, 5.41) is 0.677. The maximum Gasteiger partial charge on any atom is 0.147 e. The SMILES string of the molecule is C=C(OC)c1cnc(Cl)c(Cl)c1. The van der Waals surface area contributed by atoms with Gasteiger partial charge in [0.15, 0.2) is 0 Å². The van der Waals surface area contributed by atoms with Crippen molar-refractivity contribution < 1.29 is 4.74 Å². The zero-order chi connectivity index (χ0) is 9.14. The molecular weight excluding hydrogens is 197 g/mol. The summed E-state index contributed by atoms with van der Waals surface area (Å²) in [5.74, 6) is 0.515. The number of nitrogens with zero attached hydrogens (tertiary/aromatic N) is 1. The molecule has 0 bridgehead atoms. The largest absolute Gasteiger partial charge is 0.497 e. The molecule has 64 valence electrons. The van der Waals surface area contributed by atoms with Crippen molar-refractivity contribution in [3.05, 3.63) is 34.6 Å². The first-order valence-electron chi connectivity index (χ1n) is 3.19. The fraction of sp³-hybridized carbons (Fsp3) is 0.125. The lowest BCUT2D eigenvalue weighted by molar-refractivity contribution is 0.371. The van der Waals surface area contributed by atoms with Gasteiger partial charge in [0.2, 0.25) is 0 Å². The molecule has 2 nitrogen and oxygen atoms in total. The van der Waals surface area contributed by atoms with Crippen LogP contribution in [0.2, 0.25) is 10.2 Å². The van der Waals surface area contributed by atoms with Gasteiger partial charge in [-0.3, -0.25) is 0 Å². The molecule has 12 heavy (non-hydrogen) atoms. The Morgan fingerprint density at radius 1 is 1.58 bits per heavy atom. The van der Waals surface area contributed by atoms with E-state index in [-0.39, 0.29) is 5.15 Å². The topological polar surface area (TPSA) is 22.1 Å². The van der Waals surface area contributed by atoms with E-state index in [2.05, 4.69) is 11.6 Å². The van der Waals surface area contributed by atoms with Crippen molar-refractivity contribution in [2.24, 2.45) is 0 Å². The lowest BCUT2D eigenvalue weighted by atomic mass is 10.2. The lowest BCUT2D eigenvalue weighted by Gasteiger charge is -2.03. The molecule has 0 radical (unpaired) electrons. The molecule has 0 N–H and O–H groups in total. The van der Waals surface area contributed by atoms with Gasteiger partial charge in [-0.25, -0.2) is 4.98 Å². The molecule has 1 aromatic heterocycles. The van der Waals surface area contributed by atoms with Gasteiger partial charge in [0.1, 0.15) is 10.9 Å². The molecule has 4 heteroatoms. The summed E-state index contributed by atoms with van der Waals surface area (Å²) in [6.45, 7) is 3.65. The molecule has 1 rings (SSSR count). The van der Waals surface area contributed by atoms with E-state index < -0.39 is 0 Å². The van der Waals surface area contributed by atoms with Crippen molar-refractivity contribution in [2.75, 3.05) is 7.11 Å². The third-order valence-corrected chi connectivity index (χ3v) is 2.05. The molecule has 0 aliphatic carbocycles. The number of halogens is 2. The molecule has 0 fully saturated rings. The van der Waals surface area contributed by atoms with Crippen molar-refractivity contribution in [1.29, 1.82) is 0 Å². The van der Waals surface area contributed by atoms with Crippen molar-refractivity contribution >= 4 is 29.0 Å². The second-order valence-electron chi connectivity index (χ2n) is 2.12. The fourth-order valence-electron chi connectivity index (χ4n) is 0.692. The highest BCUT2D eigenvalue weighted by Crippen LogP contribution is 2.22. The molecule has 0 aliphatic heterocycles. The van der Waals surface area contributed by atoms with E-state index in [1.54, 1.807) is 12.3 Å². The Kier molecular flexibility index (Phi) is 2.95. The molecule has 0 saturated heterocycles. The van der Waals surface area contributed by atoms with E-state index in [0.29, 0.717) is 10.8 Å². The molecule has 0 amide bonds. The van der Waals surface area contributed by atoms with E-state index in [0.717, 1.165) is 5.56 Å². The minimum Gasteiger partial charge on any atom is -0.497 e. The number of rotatable bonds is 2. The van der Waals surface area contributed by atoms with Crippen LogP contribution in [-0.4, -0.2) is 12.1 Å². The monoisotopic (exact) mass is 203 g/mol. The van der Waals surface area contributed by atoms with E-state index in [1.807, 2.05) is 0 Å². The summed E-state index contributed by atoms with van der Waals surface area (Å²) in [5.41, 5.74) is 0.729. The first kappa shape index (κ1) is 9.36. The van der Waals surface area contributed by atoms with Crippen molar-refractivity contribution in [3.63, 3.8) is 0 Å². The summed E-state index contributed by atoms with van der Waals surface area (Å²) in [6, 6.07) is 1.66. The van der Waals surface area contributed by atoms with Gasteiger partial charge in [0.05, 0.1) is 12.1 Å². The van der Waals surface area contributed by atoms with Gasteiger partial charge >= 0.3 is 0 Å². The first-order valence-corrected chi connectivity index (χ1v) is 3.95. The number of hydrogen-bond donors (Lipinski definition) is 0. The third kappa shape index (κ3) is 1.90. The zero-order valence-corrected chi connectivity index (χ0v) is 7.99. The highest BCUT2D eigenvalue weighted by Gasteiger charge is 2.03. The van der Waals surface area contributed by atoms with Crippen LogP contribution in [0.5, 0.6) is 0 Å². The van der Waals surface area contributed by atoms with Crippen LogP contribution in [0.4, 0.5) is 0 Å². The Morgan fingerprint density at radius 3 is 2.75 bits per heavy atom. The van der Waals surface area contributed by atoms with Gasteiger partial charge in [0, 0.05) is 11.8 Å². The van der Waals surface area contributed by atoms with Gasteiger partial charge in [0.25, 0.3) is 0 Å². The first-order chi connectivity index (χ1) is 5.65. The quantitative estimate of drug-likeness (QED) is 0.545. The standard InChI is InChI=1S/C8H7Cl2NO/c1-5(12-2)6-3-7(9)8(10)11-4-6/h3-4H,1H2,2H3. The highest BCUT2D eigenvalue weighted by atomic mass is 35.5. The molecular formula is C8H7Cl2NO. The Morgan fingerprint density at radius 2 is 2.25 bits per heavy atom. The van der Waals surface area contributed by atoms with Crippen LogP contribution in [-0.2, 0) is 4.74 Å². The second-order valence-corrected chi connectivity index (χ2v) is 2.89. The van der Waals surface area contributed by atoms with Crippen LogP contribution >= 0.6 is 23.2 Å². The normalized spacial score (nSPS) is 9.58. The van der Waals surface area contributed by atoms with Crippen LogP contribution in [0.15, 0.2) is 18.8 Å². The lowest BCUT2D eigenvalue weighted by Crippen LogP contribution is -1.87. The predicted molar refractivity (Wildman–Crippen MR) is 50.3 cm³/mol. The summed E-state index contributed by atoms with van der Waals surface area (Å²) >= 11 is 11.3. The number of methoxy groups -OCH3 is 1. The average Bonchev–Trinajstić information content (AvgIpc) is 2.08. The molecule has 0 atom stereocenters. The van der Waals surface area contributed by atoms with E-state index in [9.17, 15) is 0 Å². The van der Waals surface area contributed by atoms with Gasteiger partial charge in [-0.2, -0.15) is 0 Å². The van der Waals surface area contributed by atoms with Crippen LogP contribution in [0.1, 0.15) is 5.56 Å². The summed E-state index contributed by atoms with van der Waals surface area (Å²) < 4.78 is 4.89. The van der Waals surface area contributed by atoms with Crippen LogP contribution < -0.4 is 0 Å². The van der Waals surface area contributed by atoms with E-state index in [1.165, 1.54) is 7.11 Å². The van der Waals surface area contributed by atoms with Gasteiger partial charge in [-0.05, 0) is 6.07 Å². The Balaban J connectivity index is 3.05. The molecule has 0 saturated carbocycles. The third-order valence-electron chi connectivity index (χ3n) is 1.36. The summed E-state index contributed by atoms with van der Waals surface area (Å²) in [7, 11) is 1.53. The average molecular weight is 204 g/mol. The van der Waals surface area contributed by atoms with Gasteiger partial charge in [-0.15, -0.1) is 0 Å². The van der Waals surface area contributed by atoms with Crippen molar-refractivity contribution in [1.82, 2.24) is 4.98 Å². The fourth-order valence-corrected chi connectivity index (χ4v) is 0.961. The Bertz CT molecular complexity index is 312. The summed E-state index contributed by atoms with van der Waals surface area (Å²) in [6.07, 6.45) is 1.56. The highest BCUT2D eigenvalue weighted by molar-refractivity contribution is 6.41. The Hall–Kier alpha value is -0.730. The van der Waals surface area contributed by atoms with Crippen molar-refractivity contribution in [2.45, 2.75) is 0 Å². The minimum absolute atomic E-state index is 0.282. The van der Waals surface area contributed by atoms with Crippen LogP contribution in [0.25, 0.3) is 5.76 Å². The maximum atomic E-state index is 5.72. The van der Waals surface area contributed by atoms with E-state index in [4.69, 9.17) is 27.9 Å². The maximum absolute atomic E-state index is 5.72. The van der Waals surface area contributed by atoms with Crippen LogP contribution in [0, 0.1) is 0 Å². The predicted octanol–water partition coefficient (Wildman–Crippen LogP) is 3.01. The van der Waals surface area contributed by atoms with Gasteiger partial charge < -0.3 is 4.74 Å². The smallest absolute Gasteiger partial charge is 0.147 e. The number of ether oxygens (including phenoxy) is 1. The molecule has 1 heterocycles. The van der Waals surface area contributed by atoms with Crippen LogP contribution in [0.3, 0.4) is 0 Å². The number of pyridine rings is 1. The number of hydrogen-bond acceptors (Lipinski definition) is 2.